The molecule has 1 rings (SSSR count). The van der Waals surface area contributed by atoms with Crippen LogP contribution >= 0.6 is 0 Å². The molecule has 0 bridgehead atoms. The molecule has 4 nitrogen and oxygen atoms in total. The van der Waals surface area contributed by atoms with Gasteiger partial charge in [0.2, 0.25) is 5.91 Å². The second-order valence-electron chi connectivity index (χ2n) is 5.64. The quantitative estimate of drug-likeness (QED) is 0.503. The average Bonchev–Trinajstić information content (AvgIpc) is 2.70. The molecule has 1 saturated heterocycles. The molecule has 1 atom stereocenters. The van der Waals surface area contributed by atoms with Crippen LogP contribution in [0.3, 0.4) is 0 Å². The van der Waals surface area contributed by atoms with Crippen LogP contribution in [-0.2, 0) is 14.3 Å². The maximum Gasteiger partial charge on any atom is 0.311 e. The van der Waals surface area contributed by atoms with Crippen molar-refractivity contribution in [2.24, 2.45) is 5.92 Å². The zero-order valence-electron chi connectivity index (χ0n) is 12.5. The van der Waals surface area contributed by atoms with Crippen LogP contribution in [0.5, 0.6) is 0 Å². The smallest absolute Gasteiger partial charge is 0.311 e. The average molecular weight is 269 g/mol. The number of carbonyl (C=O) groups is 2. The molecule has 1 unspecified atom stereocenters. The summed E-state index contributed by atoms with van der Waals surface area (Å²) in [6.45, 7) is 7.18. The molecular formula is C15H27NO3. The number of likely N-dealkylation sites (tertiary alicyclic amines) is 1. The number of unbranched alkanes of at least 4 members (excludes halogenated alkanes) is 4. The Balaban J connectivity index is 2.26. The molecule has 0 N–H and O–H groups in total. The van der Waals surface area contributed by atoms with Crippen molar-refractivity contribution in [1.29, 1.82) is 0 Å². The van der Waals surface area contributed by atoms with Gasteiger partial charge in [0.15, 0.2) is 0 Å². The van der Waals surface area contributed by atoms with Crippen molar-refractivity contribution in [2.75, 3.05) is 13.1 Å². The van der Waals surface area contributed by atoms with Gasteiger partial charge in [-0.1, -0.05) is 32.6 Å². The van der Waals surface area contributed by atoms with Gasteiger partial charge in [0.1, 0.15) is 0 Å². The summed E-state index contributed by atoms with van der Waals surface area (Å²) in [5.41, 5.74) is 0. The molecule has 0 saturated carbocycles. The standard InChI is InChI=1S/C15H27NO3/c1-4-5-6-7-8-9-16-11-13(10-14(16)17)15(18)19-12(2)3/h12-13H,4-11H2,1-3H3. The molecule has 1 heterocycles. The second kappa shape index (κ2) is 8.18. The molecule has 110 valence electrons. The summed E-state index contributed by atoms with van der Waals surface area (Å²) in [4.78, 5) is 25.4. The number of ether oxygens (including phenoxy) is 1. The van der Waals surface area contributed by atoms with Crippen LogP contribution in [-0.4, -0.2) is 36.0 Å². The fourth-order valence-electron chi connectivity index (χ4n) is 2.38. The highest BCUT2D eigenvalue weighted by molar-refractivity contribution is 5.86. The van der Waals surface area contributed by atoms with Gasteiger partial charge in [-0.2, -0.15) is 0 Å². The van der Waals surface area contributed by atoms with Crippen LogP contribution in [0, 0.1) is 5.92 Å². The lowest BCUT2D eigenvalue weighted by Gasteiger charge is -2.16. The van der Waals surface area contributed by atoms with Crippen molar-refractivity contribution in [3.63, 3.8) is 0 Å². The molecule has 4 heteroatoms. The summed E-state index contributed by atoms with van der Waals surface area (Å²) in [7, 11) is 0. The maximum absolute atomic E-state index is 11.8. The third-order valence-corrected chi connectivity index (χ3v) is 3.43. The van der Waals surface area contributed by atoms with E-state index in [1.54, 1.807) is 0 Å². The maximum atomic E-state index is 11.8. The Morgan fingerprint density at radius 1 is 1.32 bits per heavy atom. The van der Waals surface area contributed by atoms with Crippen LogP contribution < -0.4 is 0 Å². The van der Waals surface area contributed by atoms with Crippen molar-refractivity contribution in [3.8, 4) is 0 Å². The van der Waals surface area contributed by atoms with E-state index in [1.807, 2.05) is 18.7 Å². The highest BCUT2D eigenvalue weighted by Gasteiger charge is 2.35. The molecule has 1 aliphatic heterocycles. The van der Waals surface area contributed by atoms with Gasteiger partial charge in [0.05, 0.1) is 12.0 Å². The topological polar surface area (TPSA) is 46.6 Å². The van der Waals surface area contributed by atoms with Gasteiger partial charge in [-0.05, 0) is 20.3 Å². The van der Waals surface area contributed by atoms with Crippen molar-refractivity contribution in [1.82, 2.24) is 4.90 Å². The highest BCUT2D eigenvalue weighted by Crippen LogP contribution is 2.20. The molecule has 0 aromatic heterocycles. The first-order valence-electron chi connectivity index (χ1n) is 7.52. The van der Waals surface area contributed by atoms with Crippen molar-refractivity contribution in [3.05, 3.63) is 0 Å². The molecule has 19 heavy (non-hydrogen) atoms. The zero-order valence-corrected chi connectivity index (χ0v) is 12.5. The fourth-order valence-corrected chi connectivity index (χ4v) is 2.38. The van der Waals surface area contributed by atoms with E-state index in [1.165, 1.54) is 25.7 Å². The number of carbonyl (C=O) groups excluding carboxylic acids is 2. The number of hydrogen-bond donors (Lipinski definition) is 0. The SMILES string of the molecule is CCCCCCCN1CC(C(=O)OC(C)C)CC1=O. The summed E-state index contributed by atoms with van der Waals surface area (Å²) in [5, 5.41) is 0. The fraction of sp³-hybridized carbons (Fsp3) is 0.867. The minimum Gasteiger partial charge on any atom is -0.463 e. The minimum absolute atomic E-state index is 0.0983. The largest absolute Gasteiger partial charge is 0.463 e. The lowest BCUT2D eigenvalue weighted by Crippen LogP contribution is -2.28. The van der Waals surface area contributed by atoms with Crippen molar-refractivity contribution >= 4 is 11.9 Å². The van der Waals surface area contributed by atoms with Crippen LogP contribution in [0.2, 0.25) is 0 Å². The van der Waals surface area contributed by atoms with Gasteiger partial charge < -0.3 is 9.64 Å². The first-order valence-corrected chi connectivity index (χ1v) is 7.52. The lowest BCUT2D eigenvalue weighted by molar-refractivity contribution is -0.152. The minimum atomic E-state index is -0.259. The van der Waals surface area contributed by atoms with E-state index >= 15 is 0 Å². The van der Waals surface area contributed by atoms with Gasteiger partial charge in [0, 0.05) is 19.5 Å². The molecule has 0 radical (unpaired) electrons. The molecule has 0 spiro atoms. The lowest BCUT2D eigenvalue weighted by atomic mass is 10.1. The summed E-state index contributed by atoms with van der Waals surface area (Å²) >= 11 is 0. The monoisotopic (exact) mass is 269 g/mol. The van der Waals surface area contributed by atoms with Gasteiger partial charge >= 0.3 is 5.97 Å². The van der Waals surface area contributed by atoms with Crippen molar-refractivity contribution < 1.29 is 14.3 Å². The molecular weight excluding hydrogens is 242 g/mol. The Hall–Kier alpha value is -1.06. The van der Waals surface area contributed by atoms with Gasteiger partial charge in [-0.25, -0.2) is 0 Å². The predicted molar refractivity (Wildman–Crippen MR) is 74.7 cm³/mol. The Kier molecular flexibility index (Phi) is 6.89. The van der Waals surface area contributed by atoms with E-state index in [9.17, 15) is 9.59 Å². The van der Waals surface area contributed by atoms with E-state index in [4.69, 9.17) is 4.74 Å². The molecule has 1 amide bonds. The van der Waals surface area contributed by atoms with E-state index in [2.05, 4.69) is 6.92 Å². The van der Waals surface area contributed by atoms with Gasteiger partial charge in [-0.3, -0.25) is 9.59 Å². The number of amides is 1. The number of rotatable bonds is 8. The molecule has 1 fully saturated rings. The molecule has 1 aliphatic rings. The molecule has 0 aromatic rings. The Morgan fingerprint density at radius 2 is 2.00 bits per heavy atom. The Morgan fingerprint density at radius 3 is 2.63 bits per heavy atom. The molecule has 0 aliphatic carbocycles. The summed E-state index contributed by atoms with van der Waals surface area (Å²) in [5.74, 6) is -0.386. The molecule has 0 aromatic carbocycles. The van der Waals surface area contributed by atoms with Crippen LogP contribution in [0.4, 0.5) is 0 Å². The summed E-state index contributed by atoms with van der Waals surface area (Å²) in [6, 6.07) is 0. The van der Waals surface area contributed by atoms with Crippen LogP contribution in [0.1, 0.15) is 59.3 Å². The predicted octanol–water partition coefficient (Wildman–Crippen LogP) is 2.76. The third kappa shape index (κ3) is 5.62. The number of esters is 1. The van der Waals surface area contributed by atoms with Crippen molar-refractivity contribution in [2.45, 2.75) is 65.4 Å². The zero-order chi connectivity index (χ0) is 14.3. The van der Waals surface area contributed by atoms with Gasteiger partial charge in [-0.15, -0.1) is 0 Å². The van der Waals surface area contributed by atoms with E-state index in [0.717, 1.165) is 13.0 Å². The summed E-state index contributed by atoms with van der Waals surface area (Å²) < 4.78 is 5.17. The third-order valence-electron chi connectivity index (χ3n) is 3.43. The first-order chi connectivity index (χ1) is 9.04. The van der Waals surface area contributed by atoms with E-state index in [0.29, 0.717) is 13.0 Å². The van der Waals surface area contributed by atoms with Crippen LogP contribution in [0.15, 0.2) is 0 Å². The summed E-state index contributed by atoms with van der Waals surface area (Å²) in [6.07, 6.45) is 6.14. The Bertz CT molecular complexity index is 302. The number of nitrogens with zero attached hydrogens (tertiary/aromatic N) is 1. The van der Waals surface area contributed by atoms with Crippen LogP contribution in [0.25, 0.3) is 0 Å². The first kappa shape index (κ1) is 16.0. The second-order valence-corrected chi connectivity index (χ2v) is 5.64. The normalized spacial score (nSPS) is 19.3. The Labute approximate surface area is 116 Å². The number of hydrogen-bond acceptors (Lipinski definition) is 3. The highest BCUT2D eigenvalue weighted by atomic mass is 16.5. The van der Waals surface area contributed by atoms with E-state index in [-0.39, 0.29) is 23.9 Å². The van der Waals surface area contributed by atoms with E-state index < -0.39 is 0 Å². The van der Waals surface area contributed by atoms with Gasteiger partial charge in [0.25, 0.3) is 0 Å².